The van der Waals surface area contributed by atoms with Crippen molar-refractivity contribution in [2.45, 2.75) is 26.4 Å². The number of carbonyl (C=O) groups excluding carboxylic acids is 2. The van der Waals surface area contributed by atoms with Crippen LogP contribution < -0.4 is 4.74 Å². The number of Topliss-reactive ketones (excluding diaryl/α,β-unsaturated/α-hetero) is 1. The number of aliphatic hydroxyl groups is 1. The lowest BCUT2D eigenvalue weighted by Gasteiger charge is -2.23. The van der Waals surface area contributed by atoms with Crippen LogP contribution in [-0.4, -0.2) is 28.3 Å². The first-order chi connectivity index (χ1) is 14.5. The molecule has 1 aliphatic heterocycles. The summed E-state index contributed by atoms with van der Waals surface area (Å²) in [6.45, 7) is 4.27. The van der Waals surface area contributed by atoms with Gasteiger partial charge in [0.1, 0.15) is 29.1 Å². The minimum atomic E-state index is -0.824. The van der Waals surface area contributed by atoms with Crippen molar-refractivity contribution < 1.29 is 23.8 Å². The number of nitrogens with zero attached hydrogens (tertiary/aromatic N) is 1. The second kappa shape index (κ2) is 8.20. The van der Waals surface area contributed by atoms with E-state index in [9.17, 15) is 14.7 Å². The van der Waals surface area contributed by atoms with Crippen molar-refractivity contribution in [2.24, 2.45) is 0 Å². The third-order valence-electron chi connectivity index (χ3n) is 4.92. The Kier molecular flexibility index (Phi) is 5.46. The highest BCUT2D eigenvalue weighted by Crippen LogP contribution is 2.42. The fourth-order valence-corrected chi connectivity index (χ4v) is 4.30. The molecule has 1 atom stereocenters. The lowest BCUT2D eigenvalue weighted by atomic mass is 9.99. The molecular weight excluding hydrogens is 402 g/mol. The first kappa shape index (κ1) is 20.0. The van der Waals surface area contributed by atoms with Gasteiger partial charge in [-0.05, 0) is 49.6 Å². The SMILES string of the molecule is CCOc1ccccc1C(O)=C1C(=O)C(=O)N(Cc2cccs2)C1c1ccc(C)o1. The number of benzene rings is 1. The second-order valence-corrected chi connectivity index (χ2v) is 7.92. The van der Waals surface area contributed by atoms with Crippen LogP contribution in [-0.2, 0) is 16.1 Å². The van der Waals surface area contributed by atoms with Gasteiger partial charge in [-0.1, -0.05) is 18.2 Å². The number of amides is 1. The summed E-state index contributed by atoms with van der Waals surface area (Å²) in [5.41, 5.74) is 0.361. The average Bonchev–Trinajstić information content (AvgIpc) is 3.46. The zero-order valence-electron chi connectivity index (χ0n) is 16.6. The molecule has 1 fully saturated rings. The zero-order chi connectivity index (χ0) is 21.3. The van der Waals surface area contributed by atoms with E-state index in [1.807, 2.05) is 24.4 Å². The number of furan rings is 1. The molecule has 0 bridgehead atoms. The topological polar surface area (TPSA) is 80.0 Å². The van der Waals surface area contributed by atoms with Gasteiger partial charge in [-0.2, -0.15) is 0 Å². The van der Waals surface area contributed by atoms with Gasteiger partial charge in [0.25, 0.3) is 11.7 Å². The first-order valence-corrected chi connectivity index (χ1v) is 10.5. The Labute approximate surface area is 178 Å². The molecule has 1 N–H and O–H groups in total. The third-order valence-corrected chi connectivity index (χ3v) is 5.78. The smallest absolute Gasteiger partial charge is 0.296 e. The summed E-state index contributed by atoms with van der Waals surface area (Å²) in [7, 11) is 0. The number of aryl methyl sites for hydroxylation is 1. The summed E-state index contributed by atoms with van der Waals surface area (Å²) >= 11 is 1.50. The predicted molar refractivity (Wildman–Crippen MR) is 113 cm³/mol. The number of rotatable bonds is 6. The van der Waals surface area contributed by atoms with E-state index in [-0.39, 0.29) is 17.9 Å². The molecule has 1 amide bonds. The van der Waals surface area contributed by atoms with Crippen molar-refractivity contribution in [1.82, 2.24) is 4.90 Å². The van der Waals surface area contributed by atoms with Crippen LogP contribution in [0, 0.1) is 6.92 Å². The Morgan fingerprint density at radius 2 is 1.97 bits per heavy atom. The van der Waals surface area contributed by atoms with E-state index in [0.29, 0.717) is 29.4 Å². The third kappa shape index (κ3) is 3.52. The van der Waals surface area contributed by atoms with Gasteiger partial charge in [0.15, 0.2) is 0 Å². The van der Waals surface area contributed by atoms with Crippen LogP contribution in [0.1, 0.15) is 34.9 Å². The Morgan fingerprint density at radius 3 is 2.63 bits per heavy atom. The minimum Gasteiger partial charge on any atom is -0.507 e. The van der Waals surface area contributed by atoms with Crippen molar-refractivity contribution in [3.05, 3.63) is 81.4 Å². The lowest BCUT2D eigenvalue weighted by Crippen LogP contribution is -2.28. The summed E-state index contributed by atoms with van der Waals surface area (Å²) in [5, 5.41) is 13.1. The molecule has 1 aliphatic rings. The van der Waals surface area contributed by atoms with Crippen LogP contribution in [0.25, 0.3) is 5.76 Å². The Morgan fingerprint density at radius 1 is 1.17 bits per heavy atom. The molecular formula is C23H21NO5S. The molecule has 7 heteroatoms. The van der Waals surface area contributed by atoms with Crippen LogP contribution in [0.2, 0.25) is 0 Å². The molecule has 0 spiro atoms. The standard InChI is InChI=1S/C23H21NO5S/c1-3-28-17-9-5-4-8-16(17)21(25)19-20(18-11-10-14(2)29-18)24(23(27)22(19)26)13-15-7-6-12-30-15/h4-12,20,25H,3,13H2,1-2H3. The van der Waals surface area contributed by atoms with E-state index in [0.717, 1.165) is 4.88 Å². The highest BCUT2D eigenvalue weighted by Gasteiger charge is 2.47. The van der Waals surface area contributed by atoms with Gasteiger partial charge in [0.05, 0.1) is 24.3 Å². The maximum atomic E-state index is 13.0. The minimum absolute atomic E-state index is 0.00180. The summed E-state index contributed by atoms with van der Waals surface area (Å²) in [6.07, 6.45) is 0. The van der Waals surface area contributed by atoms with Gasteiger partial charge in [0.2, 0.25) is 0 Å². The molecule has 2 aromatic heterocycles. The average molecular weight is 423 g/mol. The fraction of sp³-hybridized carbons (Fsp3) is 0.217. The quantitative estimate of drug-likeness (QED) is 0.354. The van der Waals surface area contributed by atoms with E-state index in [4.69, 9.17) is 9.15 Å². The van der Waals surface area contributed by atoms with E-state index in [1.165, 1.54) is 16.2 Å². The number of ether oxygens (including phenoxy) is 1. The second-order valence-electron chi connectivity index (χ2n) is 6.88. The summed E-state index contributed by atoms with van der Waals surface area (Å²) in [6, 6.07) is 13.4. The lowest BCUT2D eigenvalue weighted by molar-refractivity contribution is -0.140. The Balaban J connectivity index is 1.87. The number of thiophene rings is 1. The number of carbonyl (C=O) groups is 2. The summed E-state index contributed by atoms with van der Waals surface area (Å²) < 4.78 is 11.4. The summed E-state index contributed by atoms with van der Waals surface area (Å²) in [5.74, 6) is -0.158. The molecule has 3 heterocycles. The highest BCUT2D eigenvalue weighted by molar-refractivity contribution is 7.09. The number of likely N-dealkylation sites (tertiary alicyclic amines) is 1. The Bertz CT molecular complexity index is 1110. The molecule has 1 unspecified atom stereocenters. The highest BCUT2D eigenvalue weighted by atomic mass is 32.1. The maximum absolute atomic E-state index is 13.0. The van der Waals surface area contributed by atoms with Crippen molar-refractivity contribution in [3.8, 4) is 5.75 Å². The van der Waals surface area contributed by atoms with Crippen molar-refractivity contribution in [1.29, 1.82) is 0 Å². The van der Waals surface area contributed by atoms with E-state index in [2.05, 4.69) is 0 Å². The van der Waals surface area contributed by atoms with Crippen LogP contribution >= 0.6 is 11.3 Å². The molecule has 0 aliphatic carbocycles. The summed E-state index contributed by atoms with van der Waals surface area (Å²) in [4.78, 5) is 28.3. The molecule has 4 rings (SSSR count). The molecule has 6 nitrogen and oxygen atoms in total. The normalized spacial score (nSPS) is 18.2. The van der Waals surface area contributed by atoms with Crippen LogP contribution in [0.3, 0.4) is 0 Å². The van der Waals surface area contributed by atoms with Crippen molar-refractivity contribution >= 4 is 28.8 Å². The monoisotopic (exact) mass is 423 g/mol. The van der Waals surface area contributed by atoms with Crippen LogP contribution in [0.4, 0.5) is 0 Å². The van der Waals surface area contributed by atoms with E-state index < -0.39 is 17.7 Å². The molecule has 0 radical (unpaired) electrons. The van der Waals surface area contributed by atoms with Crippen LogP contribution in [0.5, 0.6) is 5.75 Å². The van der Waals surface area contributed by atoms with E-state index >= 15 is 0 Å². The molecule has 3 aromatic rings. The predicted octanol–water partition coefficient (Wildman–Crippen LogP) is 4.67. The largest absolute Gasteiger partial charge is 0.507 e. The van der Waals surface area contributed by atoms with Gasteiger partial charge in [-0.3, -0.25) is 9.59 Å². The van der Waals surface area contributed by atoms with Crippen molar-refractivity contribution in [3.63, 3.8) is 0 Å². The number of para-hydroxylation sites is 1. The van der Waals surface area contributed by atoms with E-state index in [1.54, 1.807) is 43.3 Å². The zero-order valence-corrected chi connectivity index (χ0v) is 17.4. The molecule has 0 saturated carbocycles. The number of ketones is 1. The van der Waals surface area contributed by atoms with Crippen LogP contribution in [0.15, 0.2) is 63.9 Å². The van der Waals surface area contributed by atoms with Gasteiger partial charge in [-0.25, -0.2) is 0 Å². The number of hydrogen-bond acceptors (Lipinski definition) is 6. The molecule has 1 saturated heterocycles. The van der Waals surface area contributed by atoms with Gasteiger partial charge < -0.3 is 19.2 Å². The van der Waals surface area contributed by atoms with Gasteiger partial charge >= 0.3 is 0 Å². The van der Waals surface area contributed by atoms with Crippen molar-refractivity contribution in [2.75, 3.05) is 6.61 Å². The first-order valence-electron chi connectivity index (χ1n) is 9.60. The maximum Gasteiger partial charge on any atom is 0.296 e. The number of hydrogen-bond donors (Lipinski definition) is 1. The number of aliphatic hydroxyl groups excluding tert-OH is 1. The van der Waals surface area contributed by atoms with Gasteiger partial charge in [-0.15, -0.1) is 11.3 Å². The molecule has 154 valence electrons. The molecule has 1 aromatic carbocycles. The van der Waals surface area contributed by atoms with Gasteiger partial charge in [0, 0.05) is 4.88 Å². The molecule has 30 heavy (non-hydrogen) atoms. The Hall–Kier alpha value is -3.32. The fourth-order valence-electron chi connectivity index (χ4n) is 3.60.